The fourth-order valence-corrected chi connectivity index (χ4v) is 3.72. The van der Waals surface area contributed by atoms with Gasteiger partial charge in [0.05, 0.1) is 18.8 Å². The van der Waals surface area contributed by atoms with Crippen LogP contribution in [0.25, 0.3) is 0 Å². The maximum absolute atomic E-state index is 13.8. The third-order valence-electron chi connectivity index (χ3n) is 4.46. The summed E-state index contributed by atoms with van der Waals surface area (Å²) in [6, 6.07) is 5.53. The summed E-state index contributed by atoms with van der Waals surface area (Å²) in [6.45, 7) is 2.37. The zero-order valence-corrected chi connectivity index (χ0v) is 16.5. The lowest BCUT2D eigenvalue weighted by Crippen LogP contribution is -2.37. The van der Waals surface area contributed by atoms with Crippen LogP contribution in [0.1, 0.15) is 28.3 Å². The van der Waals surface area contributed by atoms with Gasteiger partial charge in [-0.3, -0.25) is 4.79 Å². The summed E-state index contributed by atoms with van der Waals surface area (Å²) < 4.78 is 18.9. The van der Waals surface area contributed by atoms with Crippen LogP contribution in [0.15, 0.2) is 29.6 Å². The Morgan fingerprint density at radius 2 is 2.07 bits per heavy atom. The zero-order valence-electron chi connectivity index (χ0n) is 15.7. The molecule has 0 atom stereocenters. The number of carbonyl (C=O) groups excluding carboxylic acids is 2. The second kappa shape index (κ2) is 9.61. The van der Waals surface area contributed by atoms with Crippen molar-refractivity contribution in [2.75, 3.05) is 38.7 Å². The van der Waals surface area contributed by atoms with Crippen LogP contribution in [0.4, 0.5) is 14.9 Å². The molecule has 0 aliphatic carbocycles. The largest absolute Gasteiger partial charge is 0.383 e. The van der Waals surface area contributed by atoms with Crippen molar-refractivity contribution in [1.29, 1.82) is 0 Å². The highest BCUT2D eigenvalue weighted by molar-refractivity contribution is 7.09. The van der Waals surface area contributed by atoms with Gasteiger partial charge in [0.1, 0.15) is 16.5 Å². The van der Waals surface area contributed by atoms with Crippen molar-refractivity contribution in [2.24, 2.45) is 0 Å². The van der Waals surface area contributed by atoms with E-state index in [2.05, 4.69) is 10.3 Å². The second-order valence-electron chi connectivity index (χ2n) is 6.45. The molecule has 0 spiro atoms. The fourth-order valence-electron chi connectivity index (χ4n) is 2.94. The lowest BCUT2D eigenvalue weighted by molar-refractivity contribution is 0.0787. The van der Waals surface area contributed by atoms with Crippen molar-refractivity contribution >= 4 is 29.0 Å². The Hall–Kier alpha value is -2.52. The molecule has 0 saturated carbocycles. The maximum atomic E-state index is 13.8. The SMILES string of the molecule is COCCN(Cc1nc(C(=O)N2CCCC2)cs1)C(=O)Nc1ccccc1F. The molecule has 3 rings (SSSR count). The van der Waals surface area contributed by atoms with Crippen LogP contribution in [-0.2, 0) is 11.3 Å². The number of halogens is 1. The molecule has 3 amide bonds. The molecule has 0 bridgehead atoms. The summed E-state index contributed by atoms with van der Waals surface area (Å²) in [4.78, 5) is 32.7. The number of hydrogen-bond donors (Lipinski definition) is 1. The summed E-state index contributed by atoms with van der Waals surface area (Å²) in [7, 11) is 1.54. The van der Waals surface area contributed by atoms with E-state index in [0.717, 1.165) is 25.9 Å². The van der Waals surface area contributed by atoms with Gasteiger partial charge in [0.15, 0.2) is 0 Å². The van der Waals surface area contributed by atoms with Crippen molar-refractivity contribution in [3.63, 3.8) is 0 Å². The quantitative estimate of drug-likeness (QED) is 0.766. The van der Waals surface area contributed by atoms with E-state index in [1.54, 1.807) is 29.5 Å². The summed E-state index contributed by atoms with van der Waals surface area (Å²) in [5, 5.41) is 4.93. The molecule has 2 aromatic rings. The van der Waals surface area contributed by atoms with Crippen molar-refractivity contribution in [3.8, 4) is 0 Å². The molecule has 0 unspecified atom stereocenters. The maximum Gasteiger partial charge on any atom is 0.322 e. The van der Waals surface area contributed by atoms with Crippen LogP contribution in [0.3, 0.4) is 0 Å². The van der Waals surface area contributed by atoms with Crippen molar-refractivity contribution < 1.29 is 18.7 Å². The van der Waals surface area contributed by atoms with Crippen LogP contribution in [0, 0.1) is 5.82 Å². The fraction of sp³-hybridized carbons (Fsp3) is 0.421. The van der Waals surface area contributed by atoms with Gasteiger partial charge in [-0.25, -0.2) is 14.2 Å². The van der Waals surface area contributed by atoms with Gasteiger partial charge in [-0.15, -0.1) is 11.3 Å². The molecule has 2 heterocycles. The lowest BCUT2D eigenvalue weighted by atomic mass is 10.3. The first-order valence-electron chi connectivity index (χ1n) is 9.11. The van der Waals surface area contributed by atoms with Crippen molar-refractivity contribution in [3.05, 3.63) is 46.2 Å². The molecule has 9 heteroatoms. The van der Waals surface area contributed by atoms with Crippen LogP contribution in [0.5, 0.6) is 0 Å². The molecule has 0 radical (unpaired) electrons. The number of aromatic nitrogens is 1. The summed E-state index contributed by atoms with van der Waals surface area (Å²) in [5.41, 5.74) is 0.516. The average Bonchev–Trinajstić information content (AvgIpc) is 3.38. The van der Waals surface area contributed by atoms with E-state index in [9.17, 15) is 14.0 Å². The van der Waals surface area contributed by atoms with E-state index in [0.29, 0.717) is 23.9 Å². The number of anilines is 1. The Morgan fingerprint density at radius 3 is 2.79 bits per heavy atom. The molecule has 7 nitrogen and oxygen atoms in total. The molecule has 150 valence electrons. The minimum absolute atomic E-state index is 0.0701. The Balaban J connectivity index is 1.67. The predicted molar refractivity (Wildman–Crippen MR) is 105 cm³/mol. The van der Waals surface area contributed by atoms with E-state index >= 15 is 0 Å². The number of likely N-dealkylation sites (tertiary alicyclic amines) is 1. The number of nitrogens with zero attached hydrogens (tertiary/aromatic N) is 3. The number of hydrogen-bond acceptors (Lipinski definition) is 5. The number of benzene rings is 1. The normalized spacial score (nSPS) is 13.6. The van der Waals surface area contributed by atoms with Crippen LogP contribution < -0.4 is 5.32 Å². The number of methoxy groups -OCH3 is 1. The number of urea groups is 1. The monoisotopic (exact) mass is 406 g/mol. The summed E-state index contributed by atoms with van der Waals surface area (Å²) in [5.74, 6) is -0.575. The first kappa shape index (κ1) is 20.2. The van der Waals surface area contributed by atoms with Crippen LogP contribution in [0.2, 0.25) is 0 Å². The molecular formula is C19H23FN4O3S. The number of ether oxygens (including phenoxy) is 1. The predicted octanol–water partition coefficient (Wildman–Crippen LogP) is 3.20. The van der Waals surface area contributed by atoms with Crippen molar-refractivity contribution in [1.82, 2.24) is 14.8 Å². The zero-order chi connectivity index (χ0) is 19.9. The van der Waals surface area contributed by atoms with Gasteiger partial charge in [0.25, 0.3) is 5.91 Å². The van der Waals surface area contributed by atoms with Crippen LogP contribution >= 0.6 is 11.3 Å². The highest BCUT2D eigenvalue weighted by atomic mass is 32.1. The third kappa shape index (κ3) is 5.05. The van der Waals surface area contributed by atoms with Gasteiger partial charge in [-0.1, -0.05) is 12.1 Å². The first-order chi connectivity index (χ1) is 13.6. The number of rotatable bonds is 7. The molecular weight excluding hydrogens is 383 g/mol. The minimum Gasteiger partial charge on any atom is -0.383 e. The highest BCUT2D eigenvalue weighted by Gasteiger charge is 2.23. The van der Waals surface area contributed by atoms with E-state index < -0.39 is 11.8 Å². The van der Waals surface area contributed by atoms with E-state index in [1.165, 1.54) is 28.4 Å². The number of carbonyl (C=O) groups is 2. The Bertz CT molecular complexity index is 823. The Labute approximate surface area is 167 Å². The number of amides is 3. The minimum atomic E-state index is -0.504. The second-order valence-corrected chi connectivity index (χ2v) is 7.39. The average molecular weight is 406 g/mol. The molecule has 1 saturated heterocycles. The van der Waals surface area contributed by atoms with Gasteiger partial charge in [-0.2, -0.15) is 0 Å². The molecule has 1 aliphatic rings. The van der Waals surface area contributed by atoms with Crippen LogP contribution in [-0.4, -0.2) is 60.1 Å². The van der Waals surface area contributed by atoms with E-state index in [-0.39, 0.29) is 18.1 Å². The van der Waals surface area contributed by atoms with E-state index in [1.807, 2.05) is 0 Å². The lowest BCUT2D eigenvalue weighted by Gasteiger charge is -2.22. The molecule has 1 aromatic heterocycles. The molecule has 28 heavy (non-hydrogen) atoms. The molecule has 1 fully saturated rings. The smallest absolute Gasteiger partial charge is 0.322 e. The summed E-state index contributed by atoms with van der Waals surface area (Å²) in [6.07, 6.45) is 2.04. The van der Waals surface area contributed by atoms with Gasteiger partial charge >= 0.3 is 6.03 Å². The molecule has 1 aliphatic heterocycles. The number of thiazole rings is 1. The van der Waals surface area contributed by atoms with Gasteiger partial charge in [0, 0.05) is 32.1 Å². The summed E-state index contributed by atoms with van der Waals surface area (Å²) >= 11 is 1.33. The van der Waals surface area contributed by atoms with Gasteiger partial charge in [-0.05, 0) is 25.0 Å². The van der Waals surface area contributed by atoms with Gasteiger partial charge in [0.2, 0.25) is 0 Å². The first-order valence-corrected chi connectivity index (χ1v) is 9.99. The standard InChI is InChI=1S/C19H23FN4O3S/c1-27-11-10-24(19(26)22-15-7-3-2-6-14(15)20)12-17-21-16(13-28-17)18(25)23-8-4-5-9-23/h2-3,6-7,13H,4-5,8-12H2,1H3,(H,22,26). The Morgan fingerprint density at radius 1 is 1.32 bits per heavy atom. The number of para-hydroxylation sites is 1. The topological polar surface area (TPSA) is 74.8 Å². The van der Waals surface area contributed by atoms with Gasteiger partial charge < -0.3 is 19.9 Å². The third-order valence-corrected chi connectivity index (χ3v) is 5.29. The Kier molecular flexibility index (Phi) is 6.94. The molecule has 1 aromatic carbocycles. The molecule has 1 N–H and O–H groups in total. The number of nitrogens with one attached hydrogen (secondary N) is 1. The highest BCUT2D eigenvalue weighted by Crippen LogP contribution is 2.18. The van der Waals surface area contributed by atoms with E-state index in [4.69, 9.17) is 4.74 Å². The van der Waals surface area contributed by atoms with Crippen molar-refractivity contribution in [2.45, 2.75) is 19.4 Å².